The van der Waals surface area contributed by atoms with E-state index < -0.39 is 57.7 Å². The Kier molecular flexibility index (Phi) is 8.89. The Morgan fingerprint density at radius 2 is 1.40 bits per heavy atom. The van der Waals surface area contributed by atoms with Gasteiger partial charge in [0.25, 0.3) is 0 Å². The summed E-state index contributed by atoms with van der Waals surface area (Å²) in [5.41, 5.74) is -9.52. The molecule has 0 saturated carbocycles. The summed E-state index contributed by atoms with van der Waals surface area (Å²) in [4.78, 5) is 18.2. The van der Waals surface area contributed by atoms with Crippen molar-refractivity contribution in [3.63, 3.8) is 0 Å². The molecule has 6 rings (SSSR count). The normalized spacial score (nSPS) is 13.6. The molecule has 14 heteroatoms. The van der Waals surface area contributed by atoms with Crippen molar-refractivity contribution < 1.29 is 69.5 Å². The van der Waals surface area contributed by atoms with Gasteiger partial charge in [0.2, 0.25) is 5.69 Å². The molecule has 1 radical (unpaired) electrons. The third-order valence-corrected chi connectivity index (χ3v) is 7.02. The third kappa shape index (κ3) is 5.91. The minimum absolute atomic E-state index is 0. The smallest absolute Gasteiger partial charge is 0.560 e. The molecule has 0 atom stereocenters. The Bertz CT molecular complexity index is 1860. The third-order valence-electron chi connectivity index (χ3n) is 7.02. The molecule has 0 fully saturated rings. The van der Waals surface area contributed by atoms with E-state index in [4.69, 9.17) is 5.11 Å². The number of aromatic nitrogens is 2. The van der Waals surface area contributed by atoms with E-state index in [0.29, 0.717) is 29.1 Å². The first-order valence-corrected chi connectivity index (χ1v) is 12.5. The molecule has 45 heavy (non-hydrogen) atoms. The average molecular weight is 813 g/mol. The van der Waals surface area contributed by atoms with E-state index in [1.165, 1.54) is 18.3 Å². The van der Waals surface area contributed by atoms with Crippen molar-refractivity contribution in [2.24, 2.45) is 0 Å². The van der Waals surface area contributed by atoms with Gasteiger partial charge in [-0.2, -0.15) is 39.5 Å². The Labute approximate surface area is 261 Å². The van der Waals surface area contributed by atoms with E-state index in [-0.39, 0.29) is 43.1 Å². The molecule has 2 heterocycles. The quantitative estimate of drug-likeness (QED) is 0.103. The van der Waals surface area contributed by atoms with Gasteiger partial charge in [0.1, 0.15) is 0 Å². The number of halogens is 9. The minimum atomic E-state index is -6.00. The van der Waals surface area contributed by atoms with E-state index in [0.717, 1.165) is 6.07 Å². The Hall–Kier alpha value is -4.29. The van der Waals surface area contributed by atoms with Crippen LogP contribution in [0.15, 0.2) is 91.1 Å². The number of benzene rings is 3. The topological polar surface area (TPSA) is 65.8 Å². The Morgan fingerprint density at radius 1 is 0.756 bits per heavy atom. The predicted octanol–water partition coefficient (Wildman–Crippen LogP) is 8.06. The number of hydrogen-bond acceptors (Lipinski definition) is 3. The van der Waals surface area contributed by atoms with Gasteiger partial charge in [-0.15, -0.1) is 23.8 Å². The van der Waals surface area contributed by atoms with E-state index in [1.54, 1.807) is 42.5 Å². The van der Waals surface area contributed by atoms with Crippen LogP contribution >= 0.6 is 0 Å². The number of carbonyl (C=O) groups excluding carboxylic acids is 1. The summed E-state index contributed by atoms with van der Waals surface area (Å²) in [7, 11) is 0. The van der Waals surface area contributed by atoms with Crippen LogP contribution in [0.25, 0.3) is 33.3 Å². The largest absolute Gasteiger partial charge is 0.567 e. The Balaban J connectivity index is 0.000000398. The summed E-state index contributed by atoms with van der Waals surface area (Å²) in [6.45, 7) is 0. The summed E-state index contributed by atoms with van der Waals surface area (Å²) in [5, 5.41) is 7.32. The van der Waals surface area contributed by atoms with Crippen molar-refractivity contribution >= 4 is 16.9 Å². The number of carbonyl (C=O) groups is 1. The molecule has 1 aliphatic carbocycles. The van der Waals surface area contributed by atoms with Crippen molar-refractivity contribution in [2.75, 3.05) is 0 Å². The Morgan fingerprint density at radius 3 is 1.98 bits per heavy atom. The molecule has 4 nitrogen and oxygen atoms in total. The molecule has 0 saturated heterocycles. The maximum atomic E-state index is 14.4. The van der Waals surface area contributed by atoms with Crippen LogP contribution in [0.4, 0.5) is 39.5 Å². The van der Waals surface area contributed by atoms with Gasteiger partial charge in [-0.05, 0) is 40.9 Å². The second-order valence-corrected chi connectivity index (χ2v) is 9.61. The fraction of sp³-hybridized carbons (Fsp3) is 0.129. The molecule has 0 spiro atoms. The molecule has 0 unspecified atom stereocenters. The molecule has 2 aromatic heterocycles. The fourth-order valence-corrected chi connectivity index (χ4v) is 5.07. The van der Waals surface area contributed by atoms with Gasteiger partial charge in [-0.25, -0.2) is 4.98 Å². The summed E-state index contributed by atoms with van der Waals surface area (Å²) in [6.07, 6.45) is -15.6. The first kappa shape index (κ1) is 33.6. The van der Waals surface area contributed by atoms with Crippen molar-refractivity contribution in [3.05, 3.63) is 120 Å². The van der Waals surface area contributed by atoms with E-state index >= 15 is 0 Å². The van der Waals surface area contributed by atoms with E-state index in [1.807, 2.05) is 0 Å². The predicted molar refractivity (Wildman–Crippen MR) is 142 cm³/mol. The fourth-order valence-electron chi connectivity index (χ4n) is 5.07. The first-order chi connectivity index (χ1) is 20.6. The van der Waals surface area contributed by atoms with Gasteiger partial charge < -0.3 is 5.11 Å². The molecule has 3 aromatic carbocycles. The van der Waals surface area contributed by atoms with Crippen molar-refractivity contribution in [2.45, 2.75) is 23.9 Å². The molecule has 235 valence electrons. The summed E-state index contributed by atoms with van der Waals surface area (Å²) >= 11 is 0. The maximum absolute atomic E-state index is 14.4. The van der Waals surface area contributed by atoms with Crippen LogP contribution < -0.4 is 0 Å². The number of rotatable bonds is 2. The molecule has 0 bridgehead atoms. The van der Waals surface area contributed by atoms with Gasteiger partial charge in [-0.1, -0.05) is 65.2 Å². The molecule has 2 N–H and O–H groups in total. The van der Waals surface area contributed by atoms with Gasteiger partial charge in [-0.3, -0.25) is 4.98 Å². The number of para-hydroxylation sites is 1. The number of nitrogens with zero attached hydrogens (tertiary/aromatic N) is 2. The molecule has 1 aliphatic rings. The summed E-state index contributed by atoms with van der Waals surface area (Å²) in [5.74, 6) is -0.740. The van der Waals surface area contributed by atoms with Crippen molar-refractivity contribution in [1.29, 1.82) is 0 Å². The number of hydrogen-bond donors (Lipinski definition) is 0. The SMILES string of the molecule is FC(F)(F)c1ccc2c(c1)C(C(F)(F)F)(C(F)(F)F)c1cc(-c3ccc4ccccc4n3)[c-]cc1-2.O=C([OH2+])c1ccccn1.[Ir]. The van der Waals surface area contributed by atoms with Gasteiger partial charge in [0, 0.05) is 31.1 Å². The molecular weight excluding hydrogens is 796 g/mol. The average Bonchev–Trinajstić information content (AvgIpc) is 3.28. The molecular formula is C31H17F9IrN2O2. The zero-order valence-corrected chi connectivity index (χ0v) is 24.6. The number of pyridine rings is 2. The van der Waals surface area contributed by atoms with Crippen LogP contribution in [0.3, 0.4) is 0 Å². The zero-order chi connectivity index (χ0) is 32.1. The van der Waals surface area contributed by atoms with Crippen LogP contribution in [0.5, 0.6) is 0 Å². The monoisotopic (exact) mass is 813 g/mol. The number of alkyl halides is 9. The second-order valence-electron chi connectivity index (χ2n) is 9.61. The van der Waals surface area contributed by atoms with Crippen LogP contribution in [0.2, 0.25) is 0 Å². The van der Waals surface area contributed by atoms with Crippen LogP contribution in [-0.2, 0) is 31.7 Å². The van der Waals surface area contributed by atoms with Crippen LogP contribution in [0, 0.1) is 6.07 Å². The standard InChI is InChI=1S/C25H11F9N.C6H5NO2.Ir/c26-23(27,28)15-7-9-17-16-8-5-14(21-10-6-13-3-1-2-4-20(13)35-21)11-18(16)22(19(17)12-15,24(29,30)31)25(32,33)34;8-6(9)5-3-1-2-4-7-5;/h1-4,6-12H;1-4H,(H,8,9);/q-1;;/p+1. The van der Waals surface area contributed by atoms with Gasteiger partial charge in [0.15, 0.2) is 5.41 Å². The van der Waals surface area contributed by atoms with Gasteiger partial charge >= 0.3 is 24.5 Å². The second kappa shape index (κ2) is 11.9. The van der Waals surface area contributed by atoms with Crippen LogP contribution in [-0.4, -0.2) is 33.4 Å². The zero-order valence-electron chi connectivity index (χ0n) is 22.2. The summed E-state index contributed by atoms with van der Waals surface area (Å²) in [6, 6.07) is 20.0. The molecule has 0 amide bonds. The van der Waals surface area contributed by atoms with Crippen molar-refractivity contribution in [1.82, 2.24) is 9.97 Å². The van der Waals surface area contributed by atoms with Crippen molar-refractivity contribution in [3.8, 4) is 22.4 Å². The van der Waals surface area contributed by atoms with E-state index in [9.17, 15) is 44.3 Å². The maximum Gasteiger partial charge on any atom is 0.567 e. The molecule has 0 aliphatic heterocycles. The summed E-state index contributed by atoms with van der Waals surface area (Å²) < 4.78 is 126. The number of fused-ring (bicyclic) bond motifs is 4. The minimum Gasteiger partial charge on any atom is -0.560 e. The first-order valence-electron chi connectivity index (χ1n) is 12.5. The molecule has 5 aromatic rings. The van der Waals surface area contributed by atoms with Crippen LogP contribution in [0.1, 0.15) is 27.2 Å². The van der Waals surface area contributed by atoms with E-state index in [2.05, 4.69) is 16.0 Å². The van der Waals surface area contributed by atoms with Gasteiger partial charge in [0.05, 0.1) is 11.1 Å².